The smallest absolute Gasteiger partial charge is 0.293 e. The van der Waals surface area contributed by atoms with E-state index in [0.717, 1.165) is 0 Å². The molecule has 60 valence electrons. The van der Waals surface area contributed by atoms with Crippen LogP contribution < -0.4 is 5.73 Å². The predicted octanol–water partition coefficient (Wildman–Crippen LogP) is 0.397. The number of amides is 1. The molecular formula is C8H5NO2S. The molecule has 0 fully saturated rings. The van der Waals surface area contributed by atoms with Crippen molar-refractivity contribution in [3.05, 3.63) is 21.9 Å². The SMILES string of the molecule is NC(=O)C#Cc1ccsc1C=O. The minimum atomic E-state index is -0.696. The van der Waals surface area contributed by atoms with E-state index >= 15 is 0 Å². The maximum atomic E-state index is 10.4. The molecule has 1 aromatic heterocycles. The normalized spacial score (nSPS) is 8.33. The topological polar surface area (TPSA) is 60.2 Å². The summed E-state index contributed by atoms with van der Waals surface area (Å²) in [5, 5.41) is 1.73. The van der Waals surface area contributed by atoms with Gasteiger partial charge in [-0.05, 0) is 11.4 Å². The van der Waals surface area contributed by atoms with Gasteiger partial charge in [-0.1, -0.05) is 5.92 Å². The Balaban J connectivity index is 2.98. The minimum Gasteiger partial charge on any atom is -0.359 e. The number of nitrogens with two attached hydrogens (primary N) is 1. The molecule has 1 amide bonds. The first kappa shape index (κ1) is 8.50. The molecule has 0 aromatic carbocycles. The van der Waals surface area contributed by atoms with Crippen LogP contribution in [0.4, 0.5) is 0 Å². The molecule has 2 N–H and O–H groups in total. The van der Waals surface area contributed by atoms with E-state index in [-0.39, 0.29) is 0 Å². The number of carbonyl (C=O) groups is 2. The Morgan fingerprint density at radius 1 is 1.67 bits per heavy atom. The Morgan fingerprint density at radius 2 is 2.42 bits per heavy atom. The van der Waals surface area contributed by atoms with E-state index in [2.05, 4.69) is 11.8 Å². The van der Waals surface area contributed by atoms with Crippen LogP contribution in [0.3, 0.4) is 0 Å². The summed E-state index contributed by atoms with van der Waals surface area (Å²) in [5.74, 6) is 3.96. The molecule has 4 heteroatoms. The first-order valence-corrected chi connectivity index (χ1v) is 3.96. The monoisotopic (exact) mass is 179 g/mol. The molecule has 1 rings (SSSR count). The fourth-order valence-corrected chi connectivity index (χ4v) is 1.30. The number of carbonyl (C=O) groups excluding carboxylic acids is 2. The van der Waals surface area contributed by atoms with Gasteiger partial charge in [-0.2, -0.15) is 0 Å². The van der Waals surface area contributed by atoms with Gasteiger partial charge >= 0.3 is 0 Å². The number of hydrogen-bond acceptors (Lipinski definition) is 3. The van der Waals surface area contributed by atoms with Crippen molar-refractivity contribution in [3.63, 3.8) is 0 Å². The van der Waals surface area contributed by atoms with E-state index in [4.69, 9.17) is 5.73 Å². The van der Waals surface area contributed by atoms with Crippen molar-refractivity contribution in [1.29, 1.82) is 0 Å². The second-order valence-corrected chi connectivity index (χ2v) is 2.88. The lowest BCUT2D eigenvalue weighted by Gasteiger charge is -1.81. The zero-order valence-electron chi connectivity index (χ0n) is 6.03. The van der Waals surface area contributed by atoms with Crippen molar-refractivity contribution in [3.8, 4) is 11.8 Å². The summed E-state index contributed by atoms with van der Waals surface area (Å²) in [4.78, 5) is 21.1. The lowest BCUT2D eigenvalue weighted by molar-refractivity contribution is -0.112. The van der Waals surface area contributed by atoms with Gasteiger partial charge in [-0.15, -0.1) is 11.3 Å². The Bertz CT molecular complexity index is 370. The summed E-state index contributed by atoms with van der Waals surface area (Å²) in [6.07, 6.45) is 0.704. The van der Waals surface area contributed by atoms with Crippen LogP contribution in [0.2, 0.25) is 0 Å². The second kappa shape index (κ2) is 3.69. The van der Waals surface area contributed by atoms with Gasteiger partial charge in [0.1, 0.15) is 0 Å². The third kappa shape index (κ3) is 1.94. The maximum Gasteiger partial charge on any atom is 0.293 e. The first-order chi connectivity index (χ1) is 5.74. The van der Waals surface area contributed by atoms with E-state index in [0.29, 0.717) is 16.7 Å². The first-order valence-electron chi connectivity index (χ1n) is 3.08. The number of hydrogen-bond donors (Lipinski definition) is 1. The summed E-state index contributed by atoms with van der Waals surface area (Å²) in [7, 11) is 0. The summed E-state index contributed by atoms with van der Waals surface area (Å²) in [6.45, 7) is 0. The number of thiophene rings is 1. The zero-order chi connectivity index (χ0) is 8.97. The molecule has 0 saturated heterocycles. The Kier molecular flexibility index (Phi) is 2.62. The highest BCUT2D eigenvalue weighted by atomic mass is 32.1. The third-order valence-electron chi connectivity index (χ3n) is 1.12. The van der Waals surface area contributed by atoms with Crippen LogP contribution in [0.5, 0.6) is 0 Å². The van der Waals surface area contributed by atoms with Crippen molar-refractivity contribution in [2.45, 2.75) is 0 Å². The zero-order valence-corrected chi connectivity index (χ0v) is 6.85. The average Bonchev–Trinajstić information content (AvgIpc) is 2.47. The lowest BCUT2D eigenvalue weighted by atomic mass is 10.3. The van der Waals surface area contributed by atoms with Gasteiger partial charge in [0.25, 0.3) is 5.91 Å². The molecule has 0 bridgehead atoms. The molecule has 0 unspecified atom stereocenters. The lowest BCUT2D eigenvalue weighted by Crippen LogP contribution is -2.06. The summed E-state index contributed by atoms with van der Waals surface area (Å²) < 4.78 is 0. The molecule has 0 aliphatic heterocycles. The fraction of sp³-hybridized carbons (Fsp3) is 0. The molecule has 0 atom stereocenters. The second-order valence-electron chi connectivity index (χ2n) is 1.93. The van der Waals surface area contributed by atoms with E-state index in [1.807, 2.05) is 0 Å². The summed E-state index contributed by atoms with van der Waals surface area (Å²) >= 11 is 1.28. The van der Waals surface area contributed by atoms with E-state index in [1.165, 1.54) is 11.3 Å². The molecule has 0 radical (unpaired) electrons. The molecular weight excluding hydrogens is 174 g/mol. The van der Waals surface area contributed by atoms with E-state index in [1.54, 1.807) is 11.4 Å². The van der Waals surface area contributed by atoms with Gasteiger partial charge < -0.3 is 5.73 Å². The van der Waals surface area contributed by atoms with Gasteiger partial charge in [0, 0.05) is 11.5 Å². The third-order valence-corrected chi connectivity index (χ3v) is 1.96. The predicted molar refractivity (Wildman–Crippen MR) is 45.8 cm³/mol. The van der Waals surface area contributed by atoms with Gasteiger partial charge in [0.2, 0.25) is 0 Å². The molecule has 0 saturated carbocycles. The highest BCUT2D eigenvalue weighted by Gasteiger charge is 1.98. The van der Waals surface area contributed by atoms with Crippen LogP contribution >= 0.6 is 11.3 Å². The number of rotatable bonds is 1. The quantitative estimate of drug-likeness (QED) is 0.501. The molecule has 0 spiro atoms. The van der Waals surface area contributed by atoms with Crippen LogP contribution in [-0.2, 0) is 4.79 Å². The van der Waals surface area contributed by atoms with Gasteiger partial charge in [-0.25, -0.2) is 0 Å². The van der Waals surface area contributed by atoms with Crippen LogP contribution in [0.15, 0.2) is 11.4 Å². The minimum absolute atomic E-state index is 0.517. The molecule has 1 heterocycles. The van der Waals surface area contributed by atoms with Crippen molar-refractivity contribution in [2.24, 2.45) is 5.73 Å². The largest absolute Gasteiger partial charge is 0.359 e. The van der Waals surface area contributed by atoms with Crippen LogP contribution in [-0.4, -0.2) is 12.2 Å². The van der Waals surface area contributed by atoms with Crippen molar-refractivity contribution < 1.29 is 9.59 Å². The van der Waals surface area contributed by atoms with Crippen molar-refractivity contribution in [2.75, 3.05) is 0 Å². The highest BCUT2D eigenvalue weighted by molar-refractivity contribution is 7.11. The van der Waals surface area contributed by atoms with Crippen molar-refractivity contribution >= 4 is 23.5 Å². The average molecular weight is 179 g/mol. The van der Waals surface area contributed by atoms with Gasteiger partial charge in [0.05, 0.1) is 4.88 Å². The molecule has 1 aromatic rings. The number of aldehydes is 1. The fourth-order valence-electron chi connectivity index (χ4n) is 0.644. The molecule has 0 aliphatic carbocycles. The van der Waals surface area contributed by atoms with Crippen molar-refractivity contribution in [1.82, 2.24) is 0 Å². The number of primary amides is 1. The summed E-state index contributed by atoms with van der Waals surface area (Å²) in [6, 6.07) is 1.67. The standard InChI is InChI=1S/C8H5NO2S/c9-8(11)2-1-6-3-4-12-7(6)5-10/h3-5H,(H2,9,11). The van der Waals surface area contributed by atoms with Gasteiger partial charge in [-0.3, -0.25) is 9.59 Å². The maximum absolute atomic E-state index is 10.4. The molecule has 0 aliphatic rings. The Labute approximate surface area is 73.2 Å². The molecule has 12 heavy (non-hydrogen) atoms. The Hall–Kier alpha value is -1.60. The van der Waals surface area contributed by atoms with Crippen LogP contribution in [0, 0.1) is 11.8 Å². The van der Waals surface area contributed by atoms with Crippen LogP contribution in [0.25, 0.3) is 0 Å². The van der Waals surface area contributed by atoms with E-state index in [9.17, 15) is 9.59 Å². The van der Waals surface area contributed by atoms with Crippen LogP contribution in [0.1, 0.15) is 15.2 Å². The molecule has 3 nitrogen and oxygen atoms in total. The highest BCUT2D eigenvalue weighted by Crippen LogP contribution is 2.12. The van der Waals surface area contributed by atoms with E-state index < -0.39 is 5.91 Å². The summed E-state index contributed by atoms with van der Waals surface area (Å²) in [5.41, 5.74) is 5.35. The van der Waals surface area contributed by atoms with Gasteiger partial charge in [0.15, 0.2) is 6.29 Å². The Morgan fingerprint density at radius 3 is 3.00 bits per heavy atom.